The maximum Gasteiger partial charge on any atom is 0.226 e. The molecule has 0 bridgehead atoms. The summed E-state index contributed by atoms with van der Waals surface area (Å²) in [5, 5.41) is 6.68. The van der Waals surface area contributed by atoms with E-state index in [2.05, 4.69) is 43.5 Å². The van der Waals surface area contributed by atoms with Gasteiger partial charge in [0.25, 0.3) is 0 Å². The van der Waals surface area contributed by atoms with Crippen LogP contribution < -0.4 is 10.6 Å². The molecule has 2 aromatic heterocycles. The van der Waals surface area contributed by atoms with Gasteiger partial charge in [-0.15, -0.1) is 0 Å². The summed E-state index contributed by atoms with van der Waals surface area (Å²) >= 11 is 5.70. The van der Waals surface area contributed by atoms with Gasteiger partial charge in [0.2, 0.25) is 5.91 Å². The van der Waals surface area contributed by atoms with E-state index < -0.39 is 5.82 Å². The van der Waals surface area contributed by atoms with Crippen molar-refractivity contribution in [2.75, 3.05) is 11.9 Å². The molecule has 1 aliphatic carbocycles. The highest BCUT2D eigenvalue weighted by Gasteiger charge is 2.40. The zero-order valence-electron chi connectivity index (χ0n) is 18.9. The average molecular weight is 478 g/mol. The smallest absolute Gasteiger partial charge is 0.226 e. The quantitative estimate of drug-likeness (QED) is 0.462. The number of hydrogen-bond acceptors (Lipinski definition) is 3. The van der Waals surface area contributed by atoms with Gasteiger partial charge in [0.1, 0.15) is 5.82 Å². The monoisotopic (exact) mass is 477 g/mol. The number of benzene rings is 1. The highest BCUT2D eigenvalue weighted by atomic mass is 32.1. The number of amides is 1. The zero-order valence-corrected chi connectivity index (χ0v) is 19.7. The van der Waals surface area contributed by atoms with Crippen molar-refractivity contribution in [3.8, 4) is 0 Å². The van der Waals surface area contributed by atoms with Gasteiger partial charge in [-0.25, -0.2) is 4.39 Å². The molecule has 0 spiro atoms. The predicted octanol–water partition coefficient (Wildman–Crippen LogP) is 5.14. The molecule has 8 heteroatoms. The summed E-state index contributed by atoms with van der Waals surface area (Å²) in [4.78, 5) is 19.2. The van der Waals surface area contributed by atoms with Gasteiger partial charge in [0.05, 0.1) is 23.5 Å². The molecule has 1 aliphatic heterocycles. The fourth-order valence-corrected chi connectivity index (χ4v) is 5.37. The van der Waals surface area contributed by atoms with E-state index in [-0.39, 0.29) is 30.1 Å². The number of carbonyl (C=O) groups excluding carboxylic acids is 1. The fraction of sp³-hybridized carbons (Fsp3) is 0.346. The molecule has 0 unspecified atom stereocenters. The first-order valence-electron chi connectivity index (χ1n) is 11.8. The van der Waals surface area contributed by atoms with E-state index >= 15 is 0 Å². The van der Waals surface area contributed by atoms with Crippen LogP contribution in [0, 0.1) is 5.82 Å². The minimum Gasteiger partial charge on any atom is -0.352 e. The Labute approximate surface area is 204 Å². The lowest BCUT2D eigenvalue weighted by Crippen LogP contribution is -2.32. The van der Waals surface area contributed by atoms with Crippen LogP contribution in [0.4, 0.5) is 10.1 Å². The molecule has 1 aromatic carbocycles. The topological polar surface area (TPSA) is 62.2 Å². The number of halogens is 1. The van der Waals surface area contributed by atoms with Crippen molar-refractivity contribution < 1.29 is 9.18 Å². The molecule has 3 heterocycles. The summed E-state index contributed by atoms with van der Waals surface area (Å²) in [5.74, 6) is -0.702. The molecule has 5 rings (SSSR count). The van der Waals surface area contributed by atoms with Gasteiger partial charge in [-0.1, -0.05) is 31.0 Å². The second kappa shape index (κ2) is 9.93. The first-order chi connectivity index (χ1) is 16.6. The predicted molar refractivity (Wildman–Crippen MR) is 134 cm³/mol. The number of nitrogens with zero attached hydrogens (tertiary/aromatic N) is 3. The molecule has 2 atom stereocenters. The third-order valence-electron chi connectivity index (χ3n) is 6.75. The molecule has 0 radical (unpaired) electrons. The van der Waals surface area contributed by atoms with Crippen molar-refractivity contribution in [1.29, 1.82) is 0 Å². The standard InChI is InChI=1S/C26H28FN5OS/c27-20-9-3-4-10-21(20)29-23(33)13-16-32-25(18-12-15-31(17-18)19-7-1-2-8-19)24(30-26(32)34)22-11-5-6-14-28-22/h3-6,9-12,14-15,17,19,24-25H,1-2,7-8,13,16H2,(H,29,33)(H,30,34)/t24-,25+/m0/s1. The summed E-state index contributed by atoms with van der Waals surface area (Å²) < 4.78 is 16.3. The Morgan fingerprint density at radius 1 is 1.15 bits per heavy atom. The normalized spacial score (nSPS) is 20.5. The van der Waals surface area contributed by atoms with Crippen LogP contribution in [0.5, 0.6) is 0 Å². The minimum atomic E-state index is -0.449. The molecule has 1 saturated carbocycles. The van der Waals surface area contributed by atoms with E-state index in [0.717, 1.165) is 11.3 Å². The van der Waals surface area contributed by atoms with Gasteiger partial charge in [0.15, 0.2) is 5.11 Å². The Bertz CT molecular complexity index is 1160. The van der Waals surface area contributed by atoms with Crippen molar-refractivity contribution in [3.63, 3.8) is 0 Å². The molecule has 2 N–H and O–H groups in total. The summed E-state index contributed by atoms with van der Waals surface area (Å²) in [5.41, 5.74) is 2.23. The molecule has 176 valence electrons. The van der Waals surface area contributed by atoms with E-state index in [1.807, 2.05) is 18.2 Å². The number of rotatable bonds is 7. The maximum atomic E-state index is 13.9. The van der Waals surface area contributed by atoms with E-state index in [1.54, 1.807) is 24.4 Å². The number of hydrogen-bond donors (Lipinski definition) is 2. The van der Waals surface area contributed by atoms with E-state index in [0.29, 0.717) is 17.7 Å². The third-order valence-corrected chi connectivity index (χ3v) is 7.10. The van der Waals surface area contributed by atoms with E-state index in [9.17, 15) is 9.18 Å². The first kappa shape index (κ1) is 22.5. The average Bonchev–Trinajstić information content (AvgIpc) is 3.60. The van der Waals surface area contributed by atoms with Crippen LogP contribution in [0.1, 0.15) is 61.5 Å². The largest absolute Gasteiger partial charge is 0.352 e. The summed E-state index contributed by atoms with van der Waals surface area (Å²) in [6, 6.07) is 14.5. The van der Waals surface area contributed by atoms with Crippen LogP contribution in [0.25, 0.3) is 0 Å². The van der Waals surface area contributed by atoms with Crippen LogP contribution in [-0.4, -0.2) is 32.0 Å². The van der Waals surface area contributed by atoms with Gasteiger partial charge in [-0.2, -0.15) is 0 Å². The molecule has 1 amide bonds. The molecule has 2 fully saturated rings. The lowest BCUT2D eigenvalue weighted by molar-refractivity contribution is -0.116. The van der Waals surface area contributed by atoms with Crippen LogP contribution >= 0.6 is 12.2 Å². The van der Waals surface area contributed by atoms with Crippen LogP contribution in [0.3, 0.4) is 0 Å². The number of anilines is 1. The lowest BCUT2D eigenvalue weighted by Gasteiger charge is -2.27. The Morgan fingerprint density at radius 2 is 1.94 bits per heavy atom. The van der Waals surface area contributed by atoms with E-state index in [1.165, 1.54) is 31.7 Å². The van der Waals surface area contributed by atoms with Gasteiger partial charge in [-0.3, -0.25) is 9.78 Å². The SMILES string of the molecule is O=C(CCN1C(=S)N[C@@H](c2ccccn2)[C@H]1c1ccn(C2CCCC2)c1)Nc1ccccc1F. The highest BCUT2D eigenvalue weighted by molar-refractivity contribution is 7.80. The second-order valence-corrected chi connectivity index (χ2v) is 9.32. The van der Waals surface area contributed by atoms with E-state index in [4.69, 9.17) is 12.2 Å². The number of pyridine rings is 1. The van der Waals surface area contributed by atoms with Crippen molar-refractivity contribution >= 4 is 28.9 Å². The molecular weight excluding hydrogens is 449 g/mol. The van der Waals surface area contributed by atoms with Crippen molar-refractivity contribution in [1.82, 2.24) is 19.8 Å². The molecule has 2 aliphatic rings. The van der Waals surface area contributed by atoms with Crippen LogP contribution in [0.2, 0.25) is 0 Å². The van der Waals surface area contributed by atoms with Gasteiger partial charge < -0.3 is 20.1 Å². The first-order valence-corrected chi connectivity index (χ1v) is 12.2. The number of nitrogens with one attached hydrogen (secondary N) is 2. The number of carbonyl (C=O) groups is 1. The van der Waals surface area contributed by atoms with Crippen molar-refractivity contribution in [2.24, 2.45) is 0 Å². The van der Waals surface area contributed by atoms with Crippen LogP contribution in [0.15, 0.2) is 67.1 Å². The number of aromatic nitrogens is 2. The zero-order chi connectivity index (χ0) is 23.5. The van der Waals surface area contributed by atoms with Crippen molar-refractivity contribution in [3.05, 3.63) is 84.2 Å². The van der Waals surface area contributed by atoms with Gasteiger partial charge in [-0.05, 0) is 61.0 Å². The molecule has 1 saturated heterocycles. The molecular formula is C26H28FN5OS. The fourth-order valence-electron chi connectivity index (χ4n) is 5.04. The molecule has 34 heavy (non-hydrogen) atoms. The molecule has 3 aromatic rings. The summed E-state index contributed by atoms with van der Waals surface area (Å²) in [6.07, 6.45) is 11.3. The molecule has 6 nitrogen and oxygen atoms in total. The number of thiocarbonyl (C=S) groups is 1. The Morgan fingerprint density at radius 3 is 2.71 bits per heavy atom. The van der Waals surface area contributed by atoms with Gasteiger partial charge >= 0.3 is 0 Å². The lowest BCUT2D eigenvalue weighted by atomic mass is 9.99. The third kappa shape index (κ3) is 4.68. The summed E-state index contributed by atoms with van der Waals surface area (Å²) in [6.45, 7) is 0.411. The highest BCUT2D eigenvalue weighted by Crippen LogP contribution is 2.40. The van der Waals surface area contributed by atoms with Crippen LogP contribution in [-0.2, 0) is 4.79 Å². The Balaban J connectivity index is 1.36. The summed E-state index contributed by atoms with van der Waals surface area (Å²) in [7, 11) is 0. The maximum absolute atomic E-state index is 13.9. The van der Waals surface area contributed by atoms with Crippen molar-refractivity contribution in [2.45, 2.75) is 50.2 Å². The second-order valence-electron chi connectivity index (χ2n) is 8.93. The Kier molecular flexibility index (Phi) is 6.58. The van der Waals surface area contributed by atoms with Gasteiger partial charge in [0, 0.05) is 37.6 Å². The Hall–Kier alpha value is -3.26. The number of para-hydroxylation sites is 1. The minimum absolute atomic E-state index is 0.0914.